The van der Waals surface area contributed by atoms with E-state index in [0.29, 0.717) is 11.1 Å². The summed E-state index contributed by atoms with van der Waals surface area (Å²) in [6.45, 7) is -0.199. The summed E-state index contributed by atoms with van der Waals surface area (Å²) >= 11 is 0. The molecule has 10 heteroatoms. The highest BCUT2D eigenvalue weighted by Crippen LogP contribution is 2.26. The molecule has 30 heavy (non-hydrogen) atoms. The Morgan fingerprint density at radius 1 is 1.13 bits per heavy atom. The second kappa shape index (κ2) is 7.92. The Hall–Kier alpha value is -3.17. The molecule has 0 saturated heterocycles. The molecule has 2 amide bonds. The molecule has 1 aromatic carbocycles. The average Bonchev–Trinajstić information content (AvgIpc) is 2.66. The van der Waals surface area contributed by atoms with E-state index in [4.69, 9.17) is 0 Å². The van der Waals surface area contributed by atoms with Gasteiger partial charge in [-0.3, -0.25) is 19.0 Å². The first-order valence-corrected chi connectivity index (χ1v) is 9.07. The summed E-state index contributed by atoms with van der Waals surface area (Å²) in [6, 6.07) is 4.99. The Morgan fingerprint density at radius 2 is 1.77 bits per heavy atom. The Labute approximate surface area is 169 Å². The Balaban J connectivity index is 2.10. The van der Waals surface area contributed by atoms with Crippen molar-refractivity contribution in [3.05, 3.63) is 63.3 Å². The summed E-state index contributed by atoms with van der Waals surface area (Å²) in [7, 11) is 2.96. The summed E-state index contributed by atoms with van der Waals surface area (Å²) in [5.74, 6) is -2.14. The molecule has 0 aliphatic carbocycles. The molecule has 6 nitrogen and oxygen atoms in total. The lowest BCUT2D eigenvalue weighted by Gasteiger charge is -2.31. The van der Waals surface area contributed by atoms with Gasteiger partial charge >= 0.3 is 6.18 Å². The lowest BCUT2D eigenvalue weighted by atomic mass is 9.95. The molecule has 0 bridgehead atoms. The summed E-state index contributed by atoms with van der Waals surface area (Å²) in [5.41, 5.74) is 0.369. The Kier molecular flexibility index (Phi) is 5.69. The number of halogens is 4. The SMILES string of the molecule is CN(C)C(=O)c1c2c(cn(-c3ccc(F)cc3)c1=O)CN(C(=O)CC(F)(F)F)CC2. The summed E-state index contributed by atoms with van der Waals surface area (Å²) < 4.78 is 52.3. The van der Waals surface area contributed by atoms with Gasteiger partial charge in [-0.15, -0.1) is 0 Å². The number of hydrogen-bond acceptors (Lipinski definition) is 3. The van der Waals surface area contributed by atoms with Crippen LogP contribution in [0.25, 0.3) is 5.69 Å². The fourth-order valence-corrected chi connectivity index (χ4v) is 3.39. The van der Waals surface area contributed by atoms with Gasteiger partial charge in [0.1, 0.15) is 17.8 Å². The van der Waals surface area contributed by atoms with Crippen LogP contribution in [0, 0.1) is 5.82 Å². The fraction of sp³-hybridized carbons (Fsp3) is 0.350. The third-order valence-corrected chi connectivity index (χ3v) is 4.83. The van der Waals surface area contributed by atoms with Crippen LogP contribution >= 0.6 is 0 Å². The third kappa shape index (κ3) is 4.37. The van der Waals surface area contributed by atoms with E-state index in [1.165, 1.54) is 37.3 Å². The number of rotatable bonds is 3. The first-order chi connectivity index (χ1) is 14.0. The molecule has 0 fully saturated rings. The normalized spacial score (nSPS) is 13.7. The minimum absolute atomic E-state index is 0.0321. The molecule has 2 heterocycles. The zero-order valence-corrected chi connectivity index (χ0v) is 16.3. The van der Waals surface area contributed by atoms with Gasteiger partial charge < -0.3 is 9.80 Å². The number of nitrogens with zero attached hydrogens (tertiary/aromatic N) is 3. The van der Waals surface area contributed by atoms with E-state index in [1.807, 2.05) is 0 Å². The van der Waals surface area contributed by atoms with E-state index in [9.17, 15) is 31.9 Å². The van der Waals surface area contributed by atoms with Gasteiger partial charge in [0.2, 0.25) is 5.91 Å². The lowest BCUT2D eigenvalue weighted by Crippen LogP contribution is -2.42. The lowest BCUT2D eigenvalue weighted by molar-refractivity contribution is -0.162. The average molecular weight is 425 g/mol. The van der Waals surface area contributed by atoms with Crippen LogP contribution in [0.15, 0.2) is 35.3 Å². The maximum atomic E-state index is 13.3. The van der Waals surface area contributed by atoms with Crippen molar-refractivity contribution in [1.29, 1.82) is 0 Å². The minimum atomic E-state index is -4.63. The number of fused-ring (bicyclic) bond motifs is 1. The largest absolute Gasteiger partial charge is 0.397 e. The van der Waals surface area contributed by atoms with Crippen LogP contribution in [0.1, 0.15) is 27.9 Å². The maximum absolute atomic E-state index is 13.3. The topological polar surface area (TPSA) is 62.6 Å². The summed E-state index contributed by atoms with van der Waals surface area (Å²) in [4.78, 5) is 40.1. The monoisotopic (exact) mass is 425 g/mol. The molecule has 0 saturated carbocycles. The zero-order chi connectivity index (χ0) is 22.2. The van der Waals surface area contributed by atoms with Gasteiger partial charge in [-0.1, -0.05) is 0 Å². The Bertz CT molecular complexity index is 1040. The van der Waals surface area contributed by atoms with E-state index in [2.05, 4.69) is 0 Å². The second-order valence-electron chi connectivity index (χ2n) is 7.22. The molecule has 1 aliphatic heterocycles. The second-order valence-corrected chi connectivity index (χ2v) is 7.22. The zero-order valence-electron chi connectivity index (χ0n) is 16.3. The molecule has 0 atom stereocenters. The fourth-order valence-electron chi connectivity index (χ4n) is 3.39. The van der Waals surface area contributed by atoms with Gasteiger partial charge in [0.25, 0.3) is 11.5 Å². The van der Waals surface area contributed by atoms with Crippen LogP contribution in [0.5, 0.6) is 0 Å². The first-order valence-electron chi connectivity index (χ1n) is 9.07. The standard InChI is InChI=1S/C20H19F4N3O3/c1-25(2)18(29)17-15-7-8-26(16(28)9-20(22,23)24)10-12(15)11-27(19(17)30)14-5-3-13(21)4-6-14/h3-6,11H,7-10H2,1-2H3. The molecule has 1 aromatic heterocycles. The van der Waals surface area contributed by atoms with Crippen molar-refractivity contribution in [3.63, 3.8) is 0 Å². The molecule has 0 unspecified atom stereocenters. The predicted octanol–water partition coefficient (Wildman–Crippen LogP) is 2.52. The van der Waals surface area contributed by atoms with Crippen molar-refractivity contribution in [3.8, 4) is 5.69 Å². The van der Waals surface area contributed by atoms with Gasteiger partial charge in [0.15, 0.2) is 0 Å². The van der Waals surface area contributed by atoms with Crippen molar-refractivity contribution in [2.45, 2.75) is 25.6 Å². The first kappa shape index (κ1) is 21.5. The van der Waals surface area contributed by atoms with E-state index >= 15 is 0 Å². The van der Waals surface area contributed by atoms with E-state index in [1.54, 1.807) is 0 Å². The molecular weight excluding hydrogens is 406 g/mol. The van der Waals surface area contributed by atoms with Crippen LogP contribution in [-0.4, -0.2) is 53.0 Å². The minimum Gasteiger partial charge on any atom is -0.345 e. The predicted molar refractivity (Wildman–Crippen MR) is 99.8 cm³/mol. The van der Waals surface area contributed by atoms with Gasteiger partial charge in [-0.2, -0.15) is 13.2 Å². The molecule has 0 radical (unpaired) electrons. The number of benzene rings is 1. The highest BCUT2D eigenvalue weighted by Gasteiger charge is 2.35. The Morgan fingerprint density at radius 3 is 2.33 bits per heavy atom. The van der Waals surface area contributed by atoms with Crippen LogP contribution in [-0.2, 0) is 17.8 Å². The number of carbonyl (C=O) groups excluding carboxylic acids is 2. The van der Waals surface area contributed by atoms with Crippen LogP contribution in [0.4, 0.5) is 17.6 Å². The smallest absolute Gasteiger partial charge is 0.345 e. The van der Waals surface area contributed by atoms with Crippen LogP contribution in [0.3, 0.4) is 0 Å². The van der Waals surface area contributed by atoms with Gasteiger partial charge in [-0.25, -0.2) is 4.39 Å². The van der Waals surface area contributed by atoms with Crippen LogP contribution in [0.2, 0.25) is 0 Å². The van der Waals surface area contributed by atoms with Crippen molar-refractivity contribution in [2.75, 3.05) is 20.6 Å². The number of hydrogen-bond donors (Lipinski definition) is 0. The molecule has 160 valence electrons. The molecule has 2 aromatic rings. The molecule has 0 spiro atoms. The summed E-state index contributed by atoms with van der Waals surface area (Å²) in [5, 5.41) is 0. The molecule has 0 N–H and O–H groups in total. The van der Waals surface area contributed by atoms with Gasteiger partial charge in [0.05, 0.1) is 0 Å². The molecular formula is C20H19F4N3O3. The van der Waals surface area contributed by atoms with E-state index in [0.717, 1.165) is 21.6 Å². The quantitative estimate of drug-likeness (QED) is 0.710. The van der Waals surface area contributed by atoms with Crippen molar-refractivity contribution < 1.29 is 27.2 Å². The van der Waals surface area contributed by atoms with Crippen molar-refractivity contribution in [1.82, 2.24) is 14.4 Å². The number of alkyl halides is 3. The number of amides is 2. The third-order valence-electron chi connectivity index (χ3n) is 4.83. The van der Waals surface area contributed by atoms with E-state index in [-0.39, 0.29) is 30.8 Å². The maximum Gasteiger partial charge on any atom is 0.397 e. The van der Waals surface area contributed by atoms with Crippen LogP contribution < -0.4 is 5.56 Å². The molecule has 1 aliphatic rings. The molecule has 3 rings (SSSR count). The number of carbonyl (C=O) groups is 2. The highest BCUT2D eigenvalue weighted by molar-refractivity contribution is 5.95. The number of aromatic nitrogens is 1. The van der Waals surface area contributed by atoms with Crippen molar-refractivity contribution >= 4 is 11.8 Å². The highest BCUT2D eigenvalue weighted by atomic mass is 19.4. The number of pyridine rings is 1. The van der Waals surface area contributed by atoms with E-state index < -0.39 is 35.8 Å². The summed E-state index contributed by atoms with van der Waals surface area (Å²) in [6.07, 6.45) is -4.74. The van der Waals surface area contributed by atoms with Gasteiger partial charge in [0, 0.05) is 39.1 Å². The van der Waals surface area contributed by atoms with Gasteiger partial charge in [-0.05, 0) is 41.8 Å². The van der Waals surface area contributed by atoms with Crippen molar-refractivity contribution in [2.24, 2.45) is 0 Å².